The zero-order valence-corrected chi connectivity index (χ0v) is 12.3. The third kappa shape index (κ3) is 4.97. The molecule has 6 nitrogen and oxygen atoms in total. The first-order valence-corrected chi connectivity index (χ1v) is 7.15. The molecule has 2 heterocycles. The standard InChI is InChI=1S/C16H18N4O2/c21-17-11-15-5-3-9-19(13-15)7-1-2-8-20-10-4-6-16(14-20)12-18-22/h3-6,9-14H,1-2,7-8H2/p+2/b17-11+,18-12+. The molecule has 0 saturated heterocycles. The molecule has 0 aliphatic rings. The number of unbranched alkanes of at least 4 members (excludes halogenated alkanes) is 1. The minimum Gasteiger partial charge on any atom is -0.411 e. The molecule has 0 radical (unpaired) electrons. The third-order valence-corrected chi connectivity index (χ3v) is 3.26. The van der Waals surface area contributed by atoms with Crippen molar-refractivity contribution in [3.05, 3.63) is 60.2 Å². The SMILES string of the molecule is O/N=C/c1ccc[n+](CCCC[n+]2cccc(/C=N/O)c2)c1. The van der Waals surface area contributed by atoms with E-state index in [1.807, 2.05) is 49.1 Å². The fourth-order valence-electron chi connectivity index (χ4n) is 2.24. The molecule has 6 heteroatoms. The summed E-state index contributed by atoms with van der Waals surface area (Å²) in [6, 6.07) is 7.65. The zero-order valence-electron chi connectivity index (χ0n) is 12.3. The summed E-state index contributed by atoms with van der Waals surface area (Å²) in [6.45, 7) is 1.82. The predicted molar refractivity (Wildman–Crippen MR) is 81.3 cm³/mol. The van der Waals surface area contributed by atoms with E-state index in [1.54, 1.807) is 0 Å². The van der Waals surface area contributed by atoms with Crippen molar-refractivity contribution in [3.8, 4) is 0 Å². The Hall–Kier alpha value is -2.76. The van der Waals surface area contributed by atoms with Crippen LogP contribution in [0.4, 0.5) is 0 Å². The molecule has 0 fully saturated rings. The maximum absolute atomic E-state index is 8.54. The normalized spacial score (nSPS) is 11.5. The summed E-state index contributed by atoms with van der Waals surface area (Å²) in [5.74, 6) is 0. The molecule has 0 saturated carbocycles. The van der Waals surface area contributed by atoms with E-state index >= 15 is 0 Å². The van der Waals surface area contributed by atoms with Gasteiger partial charge in [0.25, 0.3) is 0 Å². The molecular weight excluding hydrogens is 280 g/mol. The van der Waals surface area contributed by atoms with Crippen LogP contribution in [0.1, 0.15) is 24.0 Å². The molecule has 0 amide bonds. The average Bonchev–Trinajstić information content (AvgIpc) is 2.53. The van der Waals surface area contributed by atoms with Crippen LogP contribution in [0.3, 0.4) is 0 Å². The smallest absolute Gasteiger partial charge is 0.177 e. The lowest BCUT2D eigenvalue weighted by Crippen LogP contribution is -2.36. The highest BCUT2D eigenvalue weighted by molar-refractivity contribution is 5.78. The summed E-state index contributed by atoms with van der Waals surface area (Å²) in [4.78, 5) is 0. The Kier molecular flexibility index (Phi) is 6.04. The first kappa shape index (κ1) is 15.6. The quantitative estimate of drug-likeness (QED) is 0.266. The minimum atomic E-state index is 0.871. The zero-order chi connectivity index (χ0) is 15.6. The van der Waals surface area contributed by atoms with Gasteiger partial charge in [-0.3, -0.25) is 0 Å². The van der Waals surface area contributed by atoms with Gasteiger partial charge in [0.05, 0.1) is 23.6 Å². The van der Waals surface area contributed by atoms with Crippen LogP contribution in [0.25, 0.3) is 0 Å². The molecule has 0 aromatic carbocycles. The number of hydrogen-bond donors (Lipinski definition) is 2. The first-order chi connectivity index (χ1) is 10.8. The van der Waals surface area contributed by atoms with Crippen molar-refractivity contribution in [2.75, 3.05) is 0 Å². The second-order valence-electron chi connectivity index (χ2n) is 4.95. The largest absolute Gasteiger partial charge is 0.411 e. The lowest BCUT2D eigenvalue weighted by atomic mass is 10.2. The molecule has 2 N–H and O–H groups in total. The summed E-state index contributed by atoms with van der Waals surface area (Å²) in [5, 5.41) is 23.2. The Morgan fingerprint density at radius 2 is 1.27 bits per heavy atom. The van der Waals surface area contributed by atoms with Crippen LogP contribution in [-0.4, -0.2) is 22.8 Å². The topological polar surface area (TPSA) is 72.9 Å². The van der Waals surface area contributed by atoms with Crippen LogP contribution in [0.2, 0.25) is 0 Å². The number of hydrogen-bond acceptors (Lipinski definition) is 4. The second-order valence-corrected chi connectivity index (χ2v) is 4.95. The molecule has 0 bridgehead atoms. The van der Waals surface area contributed by atoms with Crippen LogP contribution in [0.15, 0.2) is 59.4 Å². The van der Waals surface area contributed by atoms with Crippen molar-refractivity contribution in [3.63, 3.8) is 0 Å². The van der Waals surface area contributed by atoms with Gasteiger partial charge in [0, 0.05) is 25.0 Å². The Labute approximate surface area is 129 Å². The van der Waals surface area contributed by atoms with Crippen molar-refractivity contribution in [1.82, 2.24) is 0 Å². The lowest BCUT2D eigenvalue weighted by molar-refractivity contribution is -0.708. The molecule has 0 spiro atoms. The van der Waals surface area contributed by atoms with Gasteiger partial charge in [-0.2, -0.15) is 0 Å². The van der Waals surface area contributed by atoms with Crippen molar-refractivity contribution < 1.29 is 19.5 Å². The Morgan fingerprint density at radius 3 is 1.68 bits per heavy atom. The van der Waals surface area contributed by atoms with E-state index in [9.17, 15) is 0 Å². The van der Waals surface area contributed by atoms with Gasteiger partial charge < -0.3 is 10.4 Å². The highest BCUT2D eigenvalue weighted by Gasteiger charge is 2.05. The van der Waals surface area contributed by atoms with Gasteiger partial charge in [-0.1, -0.05) is 10.3 Å². The van der Waals surface area contributed by atoms with E-state index in [2.05, 4.69) is 19.4 Å². The number of aryl methyl sites for hydroxylation is 2. The molecule has 0 atom stereocenters. The number of pyridine rings is 2. The fraction of sp³-hybridized carbons (Fsp3) is 0.250. The van der Waals surface area contributed by atoms with Crippen LogP contribution < -0.4 is 9.13 Å². The molecule has 2 aromatic rings. The van der Waals surface area contributed by atoms with Gasteiger partial charge in [-0.15, -0.1) is 0 Å². The van der Waals surface area contributed by atoms with Gasteiger partial charge in [0.1, 0.15) is 13.1 Å². The predicted octanol–water partition coefficient (Wildman–Crippen LogP) is 1.36. The number of aromatic nitrogens is 2. The van der Waals surface area contributed by atoms with E-state index in [0.29, 0.717) is 0 Å². The maximum atomic E-state index is 8.54. The van der Waals surface area contributed by atoms with Crippen molar-refractivity contribution in [2.24, 2.45) is 10.3 Å². The van der Waals surface area contributed by atoms with E-state index in [-0.39, 0.29) is 0 Å². The second kappa shape index (κ2) is 8.51. The van der Waals surface area contributed by atoms with Crippen LogP contribution >= 0.6 is 0 Å². The summed E-state index contributed by atoms with van der Waals surface area (Å²) in [6.07, 6.45) is 12.8. The summed E-state index contributed by atoms with van der Waals surface area (Å²) >= 11 is 0. The summed E-state index contributed by atoms with van der Waals surface area (Å²) < 4.78 is 4.16. The van der Waals surface area contributed by atoms with E-state index in [4.69, 9.17) is 10.4 Å². The van der Waals surface area contributed by atoms with Gasteiger partial charge in [0.2, 0.25) is 0 Å². The van der Waals surface area contributed by atoms with Gasteiger partial charge in [0.15, 0.2) is 24.8 Å². The van der Waals surface area contributed by atoms with E-state index < -0.39 is 0 Å². The molecule has 0 unspecified atom stereocenters. The molecular formula is C16H20N4O2+2. The maximum Gasteiger partial charge on any atom is 0.177 e. The Bertz CT molecular complexity index is 599. The number of oxime groups is 2. The monoisotopic (exact) mass is 300 g/mol. The van der Waals surface area contributed by atoms with E-state index in [0.717, 1.165) is 37.1 Å². The first-order valence-electron chi connectivity index (χ1n) is 7.15. The van der Waals surface area contributed by atoms with Crippen LogP contribution in [0, 0.1) is 0 Å². The molecule has 2 aromatic heterocycles. The summed E-state index contributed by atoms with van der Waals surface area (Å²) in [5.41, 5.74) is 1.74. The Morgan fingerprint density at radius 1 is 0.818 bits per heavy atom. The third-order valence-electron chi connectivity index (χ3n) is 3.26. The molecule has 114 valence electrons. The molecule has 2 rings (SSSR count). The van der Waals surface area contributed by atoms with Crippen LogP contribution in [0.5, 0.6) is 0 Å². The van der Waals surface area contributed by atoms with Gasteiger partial charge in [-0.25, -0.2) is 9.13 Å². The lowest BCUT2D eigenvalue weighted by Gasteiger charge is -1.99. The van der Waals surface area contributed by atoms with Gasteiger partial charge >= 0.3 is 0 Å². The van der Waals surface area contributed by atoms with Crippen molar-refractivity contribution in [1.29, 1.82) is 0 Å². The summed E-state index contributed by atoms with van der Waals surface area (Å²) in [7, 11) is 0. The van der Waals surface area contributed by atoms with Crippen LogP contribution in [-0.2, 0) is 13.1 Å². The fourth-order valence-corrected chi connectivity index (χ4v) is 2.24. The average molecular weight is 300 g/mol. The van der Waals surface area contributed by atoms with E-state index in [1.165, 1.54) is 12.4 Å². The minimum absolute atomic E-state index is 0.871. The number of rotatable bonds is 7. The van der Waals surface area contributed by atoms with Crippen molar-refractivity contribution >= 4 is 12.4 Å². The molecule has 22 heavy (non-hydrogen) atoms. The number of nitrogens with zero attached hydrogens (tertiary/aromatic N) is 4. The highest BCUT2D eigenvalue weighted by atomic mass is 16.4. The molecule has 0 aliphatic carbocycles. The Balaban J connectivity index is 1.82. The molecule has 0 aliphatic heterocycles. The van der Waals surface area contributed by atoms with Crippen molar-refractivity contribution in [2.45, 2.75) is 25.9 Å². The highest BCUT2D eigenvalue weighted by Crippen LogP contribution is 1.95. The van der Waals surface area contributed by atoms with Gasteiger partial charge in [-0.05, 0) is 12.1 Å².